The summed E-state index contributed by atoms with van der Waals surface area (Å²) in [6, 6.07) is 23.6. The summed E-state index contributed by atoms with van der Waals surface area (Å²) in [6.45, 7) is 0. The number of anilines is 1. The van der Waals surface area contributed by atoms with Crippen molar-refractivity contribution in [1.82, 2.24) is 19.9 Å². The normalized spacial score (nSPS) is 18.1. The van der Waals surface area contributed by atoms with Gasteiger partial charge >= 0.3 is 0 Å². The highest BCUT2D eigenvalue weighted by atomic mass is 32.1. The molecular weight excluding hydrogens is 406 g/mol. The van der Waals surface area contributed by atoms with E-state index in [-0.39, 0.29) is 12.1 Å². The standard InChI is InChI=1S/C24H21N5OS/c1-30-20-12-3-2-10-18(20)29-23(22(27-24(29)31)17-9-4-6-14-25-17)19-11-8-16-28(19)21-13-5-7-15-26-21/h2-16,22-23H,1H3,(H,27,31)/t22-,23+/m1/s1. The summed E-state index contributed by atoms with van der Waals surface area (Å²) in [4.78, 5) is 11.3. The molecule has 1 saturated heterocycles. The van der Waals surface area contributed by atoms with Crippen molar-refractivity contribution < 1.29 is 4.74 Å². The van der Waals surface area contributed by atoms with Crippen molar-refractivity contribution in [2.24, 2.45) is 0 Å². The summed E-state index contributed by atoms with van der Waals surface area (Å²) in [5.41, 5.74) is 2.87. The van der Waals surface area contributed by atoms with Gasteiger partial charge in [-0.1, -0.05) is 24.3 Å². The van der Waals surface area contributed by atoms with Crippen LogP contribution in [0.1, 0.15) is 23.5 Å². The largest absolute Gasteiger partial charge is 0.495 e. The van der Waals surface area contributed by atoms with Crippen molar-refractivity contribution in [2.75, 3.05) is 12.0 Å². The van der Waals surface area contributed by atoms with Crippen LogP contribution in [0.15, 0.2) is 91.4 Å². The van der Waals surface area contributed by atoms with Crippen LogP contribution in [0, 0.1) is 0 Å². The summed E-state index contributed by atoms with van der Waals surface area (Å²) in [6.07, 6.45) is 5.63. The van der Waals surface area contributed by atoms with Crippen molar-refractivity contribution in [3.05, 3.63) is 103 Å². The molecule has 0 amide bonds. The Kier molecular flexibility index (Phi) is 5.09. The molecular formula is C24H21N5OS. The maximum absolute atomic E-state index is 5.82. The lowest BCUT2D eigenvalue weighted by atomic mass is 10.0. The van der Waals surface area contributed by atoms with Gasteiger partial charge in [0, 0.05) is 24.3 Å². The first kappa shape index (κ1) is 19.3. The number of rotatable bonds is 5. The van der Waals surface area contributed by atoms with Crippen molar-refractivity contribution in [1.29, 1.82) is 0 Å². The number of pyridine rings is 2. The molecule has 5 rings (SSSR count). The van der Waals surface area contributed by atoms with Crippen molar-refractivity contribution in [3.63, 3.8) is 0 Å². The van der Waals surface area contributed by atoms with Crippen LogP contribution in [0.2, 0.25) is 0 Å². The van der Waals surface area contributed by atoms with Gasteiger partial charge in [0.1, 0.15) is 17.6 Å². The van der Waals surface area contributed by atoms with Gasteiger partial charge in [0.2, 0.25) is 0 Å². The van der Waals surface area contributed by atoms with Crippen LogP contribution in [0.3, 0.4) is 0 Å². The maximum atomic E-state index is 5.82. The molecule has 1 aliphatic rings. The lowest BCUT2D eigenvalue weighted by molar-refractivity contribution is 0.414. The van der Waals surface area contributed by atoms with E-state index in [9.17, 15) is 0 Å². The fourth-order valence-electron chi connectivity index (χ4n) is 4.08. The highest BCUT2D eigenvalue weighted by molar-refractivity contribution is 7.80. The number of nitrogens with one attached hydrogen (secondary N) is 1. The second-order valence-electron chi connectivity index (χ2n) is 7.16. The number of hydrogen-bond acceptors (Lipinski definition) is 4. The minimum absolute atomic E-state index is 0.143. The molecule has 0 bridgehead atoms. The smallest absolute Gasteiger partial charge is 0.174 e. The highest BCUT2D eigenvalue weighted by Gasteiger charge is 2.43. The predicted molar refractivity (Wildman–Crippen MR) is 124 cm³/mol. The van der Waals surface area contributed by atoms with E-state index in [4.69, 9.17) is 17.0 Å². The molecule has 4 aromatic rings. The van der Waals surface area contributed by atoms with E-state index in [1.54, 1.807) is 19.5 Å². The minimum Gasteiger partial charge on any atom is -0.495 e. The first-order valence-corrected chi connectivity index (χ1v) is 10.4. The lowest BCUT2D eigenvalue weighted by Gasteiger charge is -2.29. The molecule has 0 radical (unpaired) electrons. The molecule has 1 N–H and O–H groups in total. The average Bonchev–Trinajstić information content (AvgIpc) is 3.44. The van der Waals surface area contributed by atoms with E-state index in [0.717, 1.165) is 28.6 Å². The molecule has 6 nitrogen and oxygen atoms in total. The van der Waals surface area contributed by atoms with Gasteiger partial charge in [0.25, 0.3) is 0 Å². The zero-order chi connectivity index (χ0) is 21.2. The molecule has 3 aromatic heterocycles. The molecule has 1 aromatic carbocycles. The fraction of sp³-hybridized carbons (Fsp3) is 0.125. The van der Waals surface area contributed by atoms with Gasteiger partial charge in [-0.05, 0) is 60.7 Å². The number of methoxy groups -OCH3 is 1. The molecule has 0 unspecified atom stereocenters. The molecule has 7 heteroatoms. The summed E-state index contributed by atoms with van der Waals surface area (Å²) in [5.74, 6) is 1.61. The van der Waals surface area contributed by atoms with Crippen molar-refractivity contribution >= 4 is 23.0 Å². The van der Waals surface area contributed by atoms with Crippen LogP contribution < -0.4 is 15.0 Å². The number of aromatic nitrogens is 3. The topological polar surface area (TPSA) is 55.2 Å². The number of para-hydroxylation sites is 2. The third-order valence-corrected chi connectivity index (χ3v) is 5.74. The second kappa shape index (κ2) is 8.20. The minimum atomic E-state index is -0.157. The second-order valence-corrected chi connectivity index (χ2v) is 7.55. The van der Waals surface area contributed by atoms with E-state index >= 15 is 0 Å². The summed E-state index contributed by atoms with van der Waals surface area (Å²) in [5, 5.41) is 4.12. The number of nitrogens with zero attached hydrogens (tertiary/aromatic N) is 4. The molecule has 4 heterocycles. The first-order chi connectivity index (χ1) is 15.3. The van der Waals surface area contributed by atoms with Crippen LogP contribution in [0.5, 0.6) is 5.75 Å². The zero-order valence-corrected chi connectivity index (χ0v) is 17.7. The van der Waals surface area contributed by atoms with Crippen molar-refractivity contribution in [2.45, 2.75) is 12.1 Å². The summed E-state index contributed by atoms with van der Waals surface area (Å²) in [7, 11) is 1.67. The Morgan fingerprint density at radius 2 is 1.68 bits per heavy atom. The van der Waals surface area contributed by atoms with Crippen LogP contribution in [0.25, 0.3) is 5.82 Å². The molecule has 0 saturated carbocycles. The Hall–Kier alpha value is -3.71. The Morgan fingerprint density at radius 3 is 2.42 bits per heavy atom. The monoisotopic (exact) mass is 427 g/mol. The Balaban J connectivity index is 1.69. The van der Waals surface area contributed by atoms with E-state index in [1.165, 1.54) is 0 Å². The lowest BCUT2D eigenvalue weighted by Crippen LogP contribution is -2.30. The maximum Gasteiger partial charge on any atom is 0.174 e. The van der Waals surface area contributed by atoms with Gasteiger partial charge in [-0.15, -0.1) is 0 Å². The Bertz CT molecular complexity index is 1190. The highest BCUT2D eigenvalue weighted by Crippen LogP contribution is 2.44. The number of hydrogen-bond donors (Lipinski definition) is 1. The quantitative estimate of drug-likeness (QED) is 0.475. The molecule has 0 aliphatic carbocycles. The number of benzene rings is 1. The fourth-order valence-corrected chi connectivity index (χ4v) is 4.42. The molecule has 1 fully saturated rings. The number of thiocarbonyl (C=S) groups is 1. The van der Waals surface area contributed by atoms with Gasteiger partial charge < -0.3 is 19.5 Å². The van der Waals surface area contributed by atoms with Gasteiger partial charge in [0.15, 0.2) is 5.11 Å². The third kappa shape index (κ3) is 3.43. The van der Waals surface area contributed by atoms with Crippen LogP contribution in [0.4, 0.5) is 5.69 Å². The van der Waals surface area contributed by atoms with Crippen molar-refractivity contribution in [3.8, 4) is 11.6 Å². The van der Waals surface area contributed by atoms with Crippen LogP contribution in [-0.2, 0) is 0 Å². The predicted octanol–water partition coefficient (Wildman–Crippen LogP) is 4.45. The molecule has 1 aliphatic heterocycles. The van der Waals surface area contributed by atoms with Crippen LogP contribution in [-0.4, -0.2) is 26.8 Å². The molecule has 154 valence electrons. The van der Waals surface area contributed by atoms with Gasteiger partial charge in [-0.25, -0.2) is 4.98 Å². The zero-order valence-electron chi connectivity index (χ0n) is 16.9. The molecule has 2 atom stereocenters. The SMILES string of the molecule is COc1ccccc1N1C(=S)N[C@H](c2ccccn2)[C@@H]1c1cccn1-c1ccccn1. The van der Waals surface area contributed by atoms with Gasteiger partial charge in [0.05, 0.1) is 24.5 Å². The number of ether oxygens (including phenoxy) is 1. The van der Waals surface area contributed by atoms with E-state index in [0.29, 0.717) is 5.11 Å². The average molecular weight is 428 g/mol. The third-order valence-electron chi connectivity index (χ3n) is 5.42. The van der Waals surface area contributed by atoms with Gasteiger partial charge in [-0.3, -0.25) is 4.98 Å². The van der Waals surface area contributed by atoms with E-state index in [2.05, 4.69) is 30.8 Å². The molecule has 0 spiro atoms. The summed E-state index contributed by atoms with van der Waals surface area (Å²) < 4.78 is 7.76. The Labute approximate surface area is 186 Å². The van der Waals surface area contributed by atoms with Crippen LogP contribution >= 0.6 is 12.2 Å². The summed E-state index contributed by atoms with van der Waals surface area (Å²) >= 11 is 5.82. The molecule has 31 heavy (non-hydrogen) atoms. The van der Waals surface area contributed by atoms with Gasteiger partial charge in [-0.2, -0.15) is 0 Å². The van der Waals surface area contributed by atoms with E-state index < -0.39 is 0 Å². The first-order valence-electron chi connectivity index (χ1n) is 10.0. The Morgan fingerprint density at radius 1 is 0.903 bits per heavy atom. The van der Waals surface area contributed by atoms with E-state index in [1.807, 2.05) is 72.9 Å².